The summed E-state index contributed by atoms with van der Waals surface area (Å²) in [5, 5.41) is 2.62. The molecule has 0 aliphatic rings. The van der Waals surface area contributed by atoms with Gasteiger partial charge in [0.05, 0.1) is 0 Å². The number of hydrogen-bond donors (Lipinski definition) is 0. The van der Waals surface area contributed by atoms with E-state index in [4.69, 9.17) is 0 Å². The molecule has 0 aliphatic heterocycles. The second-order valence-corrected chi connectivity index (χ2v) is 2.34. The predicted molar refractivity (Wildman–Crippen MR) is 40.6 cm³/mol. The van der Waals surface area contributed by atoms with Crippen LogP contribution in [0.4, 0.5) is 4.39 Å². The van der Waals surface area contributed by atoms with Crippen LogP contribution in [0.15, 0.2) is 23.4 Å². The lowest BCUT2D eigenvalue weighted by atomic mass is 10.1. The normalized spacial score (nSPS) is 9.64. The zero-order valence-corrected chi connectivity index (χ0v) is 6.17. The summed E-state index contributed by atoms with van der Waals surface area (Å²) < 4.78 is 13.0. The number of aryl methyl sites for hydroxylation is 1. The molecule has 1 aromatic rings. The molecular formula is C8H8FNO. The number of nitrogens with zero attached hydrogens (tertiary/aromatic N) is 1. The first-order valence-electron chi connectivity index (χ1n) is 3.29. The number of halogens is 1. The Kier molecular flexibility index (Phi) is 2.31. The molecule has 0 aliphatic carbocycles. The van der Waals surface area contributed by atoms with Crippen molar-refractivity contribution in [3.63, 3.8) is 0 Å². The molecule has 0 fully saturated rings. The minimum absolute atomic E-state index is 0.0898. The van der Waals surface area contributed by atoms with Crippen LogP contribution in [0, 0.1) is 17.6 Å². The third kappa shape index (κ3) is 1.61. The highest BCUT2D eigenvalue weighted by molar-refractivity contribution is 5.24. The van der Waals surface area contributed by atoms with Gasteiger partial charge in [-0.2, -0.15) is 4.91 Å². The van der Waals surface area contributed by atoms with Crippen LogP contribution in [0.1, 0.15) is 11.1 Å². The van der Waals surface area contributed by atoms with Crippen LogP contribution in [-0.2, 0) is 6.54 Å². The van der Waals surface area contributed by atoms with Crippen molar-refractivity contribution in [2.45, 2.75) is 13.5 Å². The van der Waals surface area contributed by atoms with E-state index in [2.05, 4.69) is 5.18 Å². The topological polar surface area (TPSA) is 29.4 Å². The highest BCUT2D eigenvalue weighted by Crippen LogP contribution is 2.12. The SMILES string of the molecule is Cc1cccc(CN=O)c1F. The van der Waals surface area contributed by atoms with E-state index in [1.807, 2.05) is 0 Å². The number of nitroso groups, excluding NO2 is 1. The highest BCUT2D eigenvalue weighted by Gasteiger charge is 2.02. The summed E-state index contributed by atoms with van der Waals surface area (Å²) in [5.41, 5.74) is 0.908. The van der Waals surface area contributed by atoms with E-state index in [9.17, 15) is 9.30 Å². The van der Waals surface area contributed by atoms with Crippen LogP contribution >= 0.6 is 0 Å². The molecule has 1 aromatic carbocycles. The second kappa shape index (κ2) is 3.23. The van der Waals surface area contributed by atoms with E-state index < -0.39 is 0 Å². The summed E-state index contributed by atoms with van der Waals surface area (Å²) in [5.74, 6) is -0.327. The van der Waals surface area contributed by atoms with E-state index >= 15 is 0 Å². The van der Waals surface area contributed by atoms with Gasteiger partial charge in [-0.3, -0.25) is 0 Å². The molecule has 0 radical (unpaired) electrons. The molecule has 0 N–H and O–H groups in total. The maximum atomic E-state index is 13.0. The van der Waals surface area contributed by atoms with Crippen molar-refractivity contribution in [2.75, 3.05) is 0 Å². The Morgan fingerprint density at radius 1 is 1.55 bits per heavy atom. The fourth-order valence-corrected chi connectivity index (χ4v) is 0.900. The summed E-state index contributed by atoms with van der Waals surface area (Å²) in [4.78, 5) is 9.82. The van der Waals surface area contributed by atoms with Crippen molar-refractivity contribution < 1.29 is 4.39 Å². The number of hydrogen-bond acceptors (Lipinski definition) is 2. The van der Waals surface area contributed by atoms with E-state index in [1.165, 1.54) is 0 Å². The van der Waals surface area contributed by atoms with Crippen LogP contribution in [0.5, 0.6) is 0 Å². The zero-order chi connectivity index (χ0) is 8.27. The quantitative estimate of drug-likeness (QED) is 0.600. The van der Waals surface area contributed by atoms with Crippen LogP contribution < -0.4 is 0 Å². The third-order valence-corrected chi connectivity index (χ3v) is 1.51. The Morgan fingerprint density at radius 3 is 2.91 bits per heavy atom. The van der Waals surface area contributed by atoms with Gasteiger partial charge < -0.3 is 0 Å². The molecule has 0 spiro atoms. The van der Waals surface area contributed by atoms with Crippen molar-refractivity contribution in [1.29, 1.82) is 0 Å². The monoisotopic (exact) mass is 153 g/mol. The summed E-state index contributed by atoms with van der Waals surface area (Å²) in [7, 11) is 0. The average molecular weight is 153 g/mol. The molecule has 58 valence electrons. The molecule has 0 saturated carbocycles. The van der Waals surface area contributed by atoms with Crippen molar-refractivity contribution in [2.24, 2.45) is 5.18 Å². The van der Waals surface area contributed by atoms with E-state index in [0.29, 0.717) is 11.1 Å². The summed E-state index contributed by atoms with van der Waals surface area (Å²) in [6.45, 7) is 1.57. The minimum atomic E-state index is -0.327. The predicted octanol–water partition coefficient (Wildman–Crippen LogP) is 2.40. The molecule has 1 rings (SSSR count). The molecule has 0 saturated heterocycles. The van der Waals surface area contributed by atoms with Crippen molar-refractivity contribution in [3.05, 3.63) is 40.1 Å². The van der Waals surface area contributed by atoms with Crippen molar-refractivity contribution in [3.8, 4) is 0 Å². The standard InChI is InChI=1S/C8H8FNO/c1-6-3-2-4-7(5-10-11)8(6)9/h2-4H,5H2,1H3. The second-order valence-electron chi connectivity index (χ2n) is 2.34. The van der Waals surface area contributed by atoms with Gasteiger partial charge in [0.25, 0.3) is 0 Å². The molecule has 0 unspecified atom stereocenters. The smallest absolute Gasteiger partial charge is 0.131 e. The van der Waals surface area contributed by atoms with Gasteiger partial charge in [-0.1, -0.05) is 23.4 Å². The average Bonchev–Trinajstić information content (AvgIpc) is 1.99. The first-order valence-corrected chi connectivity index (χ1v) is 3.29. The van der Waals surface area contributed by atoms with Crippen LogP contribution in [0.25, 0.3) is 0 Å². The summed E-state index contributed by atoms with van der Waals surface area (Å²) in [6.07, 6.45) is 0. The molecule has 11 heavy (non-hydrogen) atoms. The van der Waals surface area contributed by atoms with Crippen molar-refractivity contribution >= 4 is 0 Å². The minimum Gasteiger partial charge on any atom is -0.206 e. The molecule has 2 nitrogen and oxygen atoms in total. The molecular weight excluding hydrogens is 145 g/mol. The van der Waals surface area contributed by atoms with Gasteiger partial charge in [0.15, 0.2) is 0 Å². The number of benzene rings is 1. The first kappa shape index (κ1) is 7.85. The molecule has 0 heterocycles. The number of rotatable bonds is 2. The Morgan fingerprint density at radius 2 is 2.27 bits per heavy atom. The Balaban J connectivity index is 3.05. The van der Waals surface area contributed by atoms with Crippen molar-refractivity contribution in [1.82, 2.24) is 0 Å². The highest BCUT2D eigenvalue weighted by atomic mass is 19.1. The van der Waals surface area contributed by atoms with Gasteiger partial charge in [-0.25, -0.2) is 4.39 Å². The molecule has 0 aromatic heterocycles. The van der Waals surface area contributed by atoms with Gasteiger partial charge in [0, 0.05) is 5.56 Å². The summed E-state index contributed by atoms with van der Waals surface area (Å²) in [6, 6.07) is 4.92. The lowest BCUT2D eigenvalue weighted by Crippen LogP contribution is -1.90. The molecule has 0 atom stereocenters. The Hall–Kier alpha value is -1.25. The largest absolute Gasteiger partial charge is 0.206 e. The molecule has 0 bridgehead atoms. The summed E-state index contributed by atoms with van der Waals surface area (Å²) >= 11 is 0. The molecule has 0 amide bonds. The van der Waals surface area contributed by atoms with Crippen LogP contribution in [-0.4, -0.2) is 0 Å². The Bertz CT molecular complexity index is 273. The van der Waals surface area contributed by atoms with E-state index in [1.54, 1.807) is 25.1 Å². The third-order valence-electron chi connectivity index (χ3n) is 1.51. The van der Waals surface area contributed by atoms with E-state index in [-0.39, 0.29) is 12.4 Å². The molecule has 3 heteroatoms. The van der Waals surface area contributed by atoms with Gasteiger partial charge in [-0.15, -0.1) is 0 Å². The van der Waals surface area contributed by atoms with Gasteiger partial charge in [0.1, 0.15) is 12.4 Å². The van der Waals surface area contributed by atoms with Crippen LogP contribution in [0.3, 0.4) is 0 Å². The fraction of sp³-hybridized carbons (Fsp3) is 0.250. The lowest BCUT2D eigenvalue weighted by Gasteiger charge is -1.99. The Labute approximate surface area is 64.0 Å². The van der Waals surface area contributed by atoms with Crippen LogP contribution in [0.2, 0.25) is 0 Å². The maximum Gasteiger partial charge on any atom is 0.131 e. The fourth-order valence-electron chi connectivity index (χ4n) is 0.900. The lowest BCUT2D eigenvalue weighted by molar-refractivity contribution is 0.601. The zero-order valence-electron chi connectivity index (χ0n) is 6.17. The maximum absolute atomic E-state index is 13.0. The van der Waals surface area contributed by atoms with Gasteiger partial charge in [-0.05, 0) is 12.5 Å². The van der Waals surface area contributed by atoms with Gasteiger partial charge >= 0.3 is 0 Å². The van der Waals surface area contributed by atoms with Gasteiger partial charge in [0.2, 0.25) is 0 Å². The first-order chi connectivity index (χ1) is 5.25. The van der Waals surface area contributed by atoms with E-state index in [0.717, 1.165) is 0 Å².